The van der Waals surface area contributed by atoms with Crippen molar-refractivity contribution in [2.45, 2.75) is 12.1 Å². The lowest BCUT2D eigenvalue weighted by molar-refractivity contribution is -0.123. The number of hydrogen-bond acceptors (Lipinski definition) is 5. The van der Waals surface area contributed by atoms with Crippen LogP contribution in [0.2, 0.25) is 0 Å². The van der Waals surface area contributed by atoms with Crippen molar-refractivity contribution >= 4 is 40.7 Å². The molecule has 2 amide bonds. The van der Waals surface area contributed by atoms with Gasteiger partial charge in [0.15, 0.2) is 5.78 Å². The minimum absolute atomic E-state index is 0.0644. The third kappa shape index (κ3) is 2.51. The van der Waals surface area contributed by atoms with Crippen LogP contribution in [0.15, 0.2) is 72.2 Å². The van der Waals surface area contributed by atoms with Gasteiger partial charge in [0.25, 0.3) is 0 Å². The van der Waals surface area contributed by atoms with Crippen molar-refractivity contribution in [1.29, 1.82) is 0 Å². The summed E-state index contributed by atoms with van der Waals surface area (Å²) in [6, 6.07) is 15.6. The van der Waals surface area contributed by atoms with Crippen molar-refractivity contribution in [3.63, 3.8) is 0 Å². The van der Waals surface area contributed by atoms with Gasteiger partial charge in [-0.3, -0.25) is 14.4 Å². The first-order chi connectivity index (χ1) is 15.6. The normalized spacial score (nSPS) is 25.7. The number of carbonyl (C=O) groups is 3. The maximum Gasteiger partial charge on any atom is 0.240 e. The second-order valence-electron chi connectivity index (χ2n) is 8.14. The number of ketones is 1. The van der Waals surface area contributed by atoms with Gasteiger partial charge in [-0.15, -0.1) is 11.3 Å². The van der Waals surface area contributed by atoms with Gasteiger partial charge < -0.3 is 4.90 Å². The molecule has 2 fully saturated rings. The van der Waals surface area contributed by atoms with Crippen LogP contribution in [0.3, 0.4) is 0 Å². The van der Waals surface area contributed by atoms with Crippen LogP contribution < -0.4 is 4.90 Å². The third-order valence-electron chi connectivity index (χ3n) is 6.59. The monoisotopic (exact) mass is 444 g/mol. The average molecular weight is 444 g/mol. The van der Waals surface area contributed by atoms with Gasteiger partial charge in [0, 0.05) is 6.20 Å². The van der Waals surface area contributed by atoms with Crippen LogP contribution in [-0.2, 0) is 9.59 Å². The van der Waals surface area contributed by atoms with E-state index < -0.39 is 41.6 Å². The summed E-state index contributed by atoms with van der Waals surface area (Å²) in [6.07, 6.45) is 3.72. The molecule has 0 aliphatic carbocycles. The highest BCUT2D eigenvalue weighted by Gasteiger charge is 2.64. The largest absolute Gasteiger partial charge is 0.358 e. The lowest BCUT2D eigenvalue weighted by Gasteiger charge is -2.35. The van der Waals surface area contributed by atoms with E-state index in [1.807, 2.05) is 46.8 Å². The molecule has 158 valence electrons. The van der Waals surface area contributed by atoms with E-state index >= 15 is 0 Å². The average Bonchev–Trinajstić information content (AvgIpc) is 3.51. The number of rotatable bonds is 3. The number of nitrogens with zero attached hydrogens (tertiary/aromatic N) is 2. The molecule has 3 aliphatic heterocycles. The molecule has 0 bridgehead atoms. The fourth-order valence-electron chi connectivity index (χ4n) is 5.29. The molecular weight excluding hydrogens is 427 g/mol. The lowest BCUT2D eigenvalue weighted by atomic mass is 9.84. The van der Waals surface area contributed by atoms with Crippen molar-refractivity contribution in [3.05, 3.63) is 94.1 Å². The fraction of sp³-hybridized carbons (Fsp3) is 0.160. The van der Waals surface area contributed by atoms with Crippen molar-refractivity contribution in [2.24, 2.45) is 11.8 Å². The molecule has 3 aromatic rings. The highest BCUT2D eigenvalue weighted by Crippen LogP contribution is 2.53. The molecule has 1 aromatic heterocycles. The van der Waals surface area contributed by atoms with E-state index in [-0.39, 0.29) is 11.5 Å². The molecule has 6 rings (SSSR count). The highest BCUT2D eigenvalue weighted by atomic mass is 32.1. The summed E-state index contributed by atoms with van der Waals surface area (Å²) in [7, 11) is 0. The van der Waals surface area contributed by atoms with Crippen molar-refractivity contribution in [3.8, 4) is 0 Å². The first-order valence-corrected chi connectivity index (χ1v) is 11.2. The molecule has 32 heavy (non-hydrogen) atoms. The lowest BCUT2D eigenvalue weighted by Crippen LogP contribution is -2.44. The Kier molecular flexibility index (Phi) is 4.16. The highest BCUT2D eigenvalue weighted by molar-refractivity contribution is 7.12. The van der Waals surface area contributed by atoms with E-state index in [1.54, 1.807) is 18.2 Å². The Bertz CT molecular complexity index is 1300. The zero-order valence-corrected chi connectivity index (χ0v) is 17.5. The summed E-state index contributed by atoms with van der Waals surface area (Å²) in [5.41, 5.74) is 1.77. The maximum absolute atomic E-state index is 14.6. The van der Waals surface area contributed by atoms with E-state index in [2.05, 4.69) is 0 Å². The molecule has 0 N–H and O–H groups in total. The van der Waals surface area contributed by atoms with Gasteiger partial charge in [-0.25, -0.2) is 9.29 Å². The van der Waals surface area contributed by atoms with Gasteiger partial charge >= 0.3 is 0 Å². The van der Waals surface area contributed by atoms with Crippen molar-refractivity contribution < 1.29 is 18.8 Å². The molecular formula is C25H17FN2O3S. The molecule has 2 aromatic carbocycles. The molecule has 0 radical (unpaired) electrons. The number of fused-ring (bicyclic) bond motifs is 5. The third-order valence-corrected chi connectivity index (χ3v) is 7.47. The van der Waals surface area contributed by atoms with E-state index in [4.69, 9.17) is 0 Å². The zero-order valence-electron chi connectivity index (χ0n) is 16.7. The second kappa shape index (κ2) is 6.97. The maximum atomic E-state index is 14.6. The number of thiophene rings is 1. The number of para-hydroxylation sites is 1. The molecule has 0 spiro atoms. The summed E-state index contributed by atoms with van der Waals surface area (Å²) >= 11 is 1.31. The van der Waals surface area contributed by atoms with Gasteiger partial charge in [0.2, 0.25) is 11.8 Å². The minimum Gasteiger partial charge on any atom is -0.358 e. The van der Waals surface area contributed by atoms with Crippen LogP contribution in [0.5, 0.6) is 0 Å². The number of hydrogen-bond donors (Lipinski definition) is 0. The van der Waals surface area contributed by atoms with Crippen LogP contribution in [0, 0.1) is 17.7 Å². The molecule has 0 unspecified atom stereocenters. The summed E-state index contributed by atoms with van der Waals surface area (Å²) < 4.78 is 14.6. The van der Waals surface area contributed by atoms with Gasteiger partial charge in [-0.2, -0.15) is 0 Å². The number of imide groups is 1. The Morgan fingerprint density at radius 1 is 0.906 bits per heavy atom. The first kappa shape index (κ1) is 19.1. The summed E-state index contributed by atoms with van der Waals surface area (Å²) in [5, 5.41) is 1.81. The Balaban J connectivity index is 1.52. The predicted octanol–water partition coefficient (Wildman–Crippen LogP) is 4.29. The minimum atomic E-state index is -0.891. The number of halogens is 1. The van der Waals surface area contributed by atoms with Crippen LogP contribution in [0.1, 0.15) is 26.8 Å². The van der Waals surface area contributed by atoms with Gasteiger partial charge in [0.05, 0.1) is 28.4 Å². The van der Waals surface area contributed by atoms with E-state index in [0.717, 1.165) is 16.0 Å². The van der Waals surface area contributed by atoms with Gasteiger partial charge in [-0.05, 0) is 40.8 Å². The number of anilines is 1. The number of carbonyl (C=O) groups excluding carboxylic acids is 3. The van der Waals surface area contributed by atoms with Crippen LogP contribution >= 0.6 is 11.3 Å². The summed E-state index contributed by atoms with van der Waals surface area (Å²) in [6.45, 7) is 0. The van der Waals surface area contributed by atoms with E-state index in [9.17, 15) is 18.8 Å². The zero-order chi connectivity index (χ0) is 22.0. The van der Waals surface area contributed by atoms with Crippen molar-refractivity contribution in [2.75, 3.05) is 4.90 Å². The van der Waals surface area contributed by atoms with Crippen LogP contribution in [-0.4, -0.2) is 28.5 Å². The molecule has 7 heteroatoms. The van der Waals surface area contributed by atoms with Gasteiger partial charge in [0.1, 0.15) is 11.9 Å². The van der Waals surface area contributed by atoms with Gasteiger partial charge in [-0.1, -0.05) is 42.5 Å². The molecule has 4 atom stereocenters. The Labute approximate surface area is 187 Å². The quantitative estimate of drug-likeness (QED) is 0.447. The van der Waals surface area contributed by atoms with Crippen LogP contribution in [0.4, 0.5) is 10.1 Å². The molecule has 3 aliphatic rings. The summed E-state index contributed by atoms with van der Waals surface area (Å²) in [5.74, 6) is -3.50. The number of Topliss-reactive ketones (excluding diaryl/α,β-unsaturated/α-hetero) is 1. The fourth-order valence-corrected chi connectivity index (χ4v) is 5.99. The number of benzene rings is 2. The van der Waals surface area contributed by atoms with Crippen LogP contribution in [0.25, 0.3) is 6.08 Å². The SMILES string of the molecule is O=C(c1cccs1)[C@@H]1[C@@H]2C(=O)N(c3ccccc3F)C(=O)[C@H]2[C@@H]2c3ccccc3C=CN12. The Morgan fingerprint density at radius 2 is 1.66 bits per heavy atom. The van der Waals surface area contributed by atoms with E-state index in [1.165, 1.54) is 29.5 Å². The standard InChI is InChI=1S/C25H17FN2O3S/c26-16-8-3-4-9-17(16)28-24(30)19-20(25(28)31)22(23(29)18-10-5-13-32-18)27-12-11-14-6-1-2-7-15(14)21(19)27/h1-13,19-22H/t19-,20-,21+,22+/m1/s1. The number of amides is 2. The Hall–Kier alpha value is -3.58. The van der Waals surface area contributed by atoms with Crippen molar-refractivity contribution in [1.82, 2.24) is 4.90 Å². The predicted molar refractivity (Wildman–Crippen MR) is 118 cm³/mol. The van der Waals surface area contributed by atoms with E-state index in [0.29, 0.717) is 4.88 Å². The molecule has 5 nitrogen and oxygen atoms in total. The molecule has 4 heterocycles. The molecule has 2 saturated heterocycles. The first-order valence-electron chi connectivity index (χ1n) is 10.3. The Morgan fingerprint density at radius 3 is 2.44 bits per heavy atom. The second-order valence-corrected chi connectivity index (χ2v) is 9.09. The smallest absolute Gasteiger partial charge is 0.240 e. The topological polar surface area (TPSA) is 57.7 Å². The molecule has 0 saturated carbocycles. The summed E-state index contributed by atoms with van der Waals surface area (Å²) in [4.78, 5) is 44.2.